The highest BCUT2D eigenvalue weighted by Crippen LogP contribution is 2.55. The highest BCUT2D eigenvalue weighted by atomic mass is 16.2. The third-order valence-electron chi connectivity index (χ3n) is 7.38. The zero-order valence-electron chi connectivity index (χ0n) is 16.5. The standard InChI is InChI=1S/C24H29N3O/c25-8-4-1-5-9-27-21-7-3-2-6-20(21)13-22(27)23(28)26-24-14-17-10-18(15-24)12-19(11-17)16-24/h2-3,6-7,13,17-19H,1,4-5,9-12,14-16H2,(H,26,28). The summed E-state index contributed by atoms with van der Waals surface area (Å²) in [6.07, 6.45) is 10.0. The van der Waals surface area contributed by atoms with E-state index in [-0.39, 0.29) is 11.4 Å². The minimum Gasteiger partial charge on any atom is -0.345 e. The first-order chi connectivity index (χ1) is 13.7. The number of carbonyl (C=O) groups excluding carboxylic acids is 1. The largest absolute Gasteiger partial charge is 0.345 e. The van der Waals surface area contributed by atoms with Crippen LogP contribution in [0.1, 0.15) is 68.3 Å². The molecule has 146 valence electrons. The first-order valence-electron chi connectivity index (χ1n) is 10.9. The van der Waals surface area contributed by atoms with Crippen LogP contribution in [-0.4, -0.2) is 16.0 Å². The number of rotatable bonds is 6. The molecule has 28 heavy (non-hydrogen) atoms. The van der Waals surface area contributed by atoms with Crippen molar-refractivity contribution in [3.8, 4) is 6.07 Å². The van der Waals surface area contributed by atoms with Gasteiger partial charge in [-0.1, -0.05) is 18.2 Å². The molecule has 4 heteroatoms. The Hall–Kier alpha value is -2.28. The number of benzene rings is 1. The summed E-state index contributed by atoms with van der Waals surface area (Å²) in [4.78, 5) is 13.4. The number of aryl methyl sites for hydroxylation is 1. The van der Waals surface area contributed by atoms with Gasteiger partial charge in [-0.3, -0.25) is 4.79 Å². The van der Waals surface area contributed by atoms with Gasteiger partial charge < -0.3 is 9.88 Å². The molecule has 4 bridgehead atoms. The lowest BCUT2D eigenvalue weighted by Crippen LogP contribution is -2.60. The number of amides is 1. The zero-order valence-corrected chi connectivity index (χ0v) is 16.5. The Balaban J connectivity index is 1.40. The minimum atomic E-state index is 0.0356. The number of nitriles is 1. The fraction of sp³-hybridized carbons (Fsp3) is 0.583. The molecule has 4 nitrogen and oxygen atoms in total. The van der Waals surface area contributed by atoms with Gasteiger partial charge in [0, 0.05) is 29.4 Å². The van der Waals surface area contributed by atoms with Gasteiger partial charge >= 0.3 is 0 Å². The molecule has 0 radical (unpaired) electrons. The first-order valence-corrected chi connectivity index (χ1v) is 10.9. The molecule has 0 saturated heterocycles. The summed E-state index contributed by atoms with van der Waals surface area (Å²) in [6.45, 7) is 0.790. The molecule has 4 aliphatic rings. The Bertz CT molecular complexity index is 900. The molecule has 4 saturated carbocycles. The van der Waals surface area contributed by atoms with Crippen molar-refractivity contribution in [2.75, 3.05) is 0 Å². The highest BCUT2D eigenvalue weighted by Gasteiger charge is 2.51. The van der Waals surface area contributed by atoms with Crippen molar-refractivity contribution in [2.24, 2.45) is 17.8 Å². The molecule has 2 aromatic rings. The van der Waals surface area contributed by atoms with Gasteiger partial charge in [-0.05, 0) is 81.3 Å². The molecule has 1 aromatic heterocycles. The number of aromatic nitrogens is 1. The molecule has 1 N–H and O–H groups in total. The minimum absolute atomic E-state index is 0.0356. The van der Waals surface area contributed by atoms with Gasteiger partial charge in [0.15, 0.2) is 0 Å². The summed E-state index contributed by atoms with van der Waals surface area (Å²) in [5.41, 5.74) is 1.94. The Labute approximate surface area is 166 Å². The zero-order chi connectivity index (χ0) is 19.1. The van der Waals surface area contributed by atoms with Crippen LogP contribution in [0.4, 0.5) is 0 Å². The number of nitrogens with zero attached hydrogens (tertiary/aromatic N) is 2. The fourth-order valence-corrected chi connectivity index (χ4v) is 6.68. The van der Waals surface area contributed by atoms with E-state index in [1.54, 1.807) is 0 Å². The van der Waals surface area contributed by atoms with Crippen molar-refractivity contribution in [3.05, 3.63) is 36.0 Å². The third kappa shape index (κ3) is 3.11. The van der Waals surface area contributed by atoms with Crippen LogP contribution in [0.3, 0.4) is 0 Å². The van der Waals surface area contributed by atoms with Crippen molar-refractivity contribution in [2.45, 2.75) is 69.9 Å². The maximum atomic E-state index is 13.4. The average molecular weight is 376 g/mol. The molecule has 0 aliphatic heterocycles. The summed E-state index contributed by atoms with van der Waals surface area (Å²) < 4.78 is 2.17. The predicted molar refractivity (Wildman–Crippen MR) is 110 cm³/mol. The molecule has 1 aromatic carbocycles. The van der Waals surface area contributed by atoms with E-state index in [0.29, 0.717) is 6.42 Å². The normalized spacial score (nSPS) is 30.5. The van der Waals surface area contributed by atoms with Crippen molar-refractivity contribution < 1.29 is 4.79 Å². The number of unbranched alkanes of at least 4 members (excludes halogenated alkanes) is 2. The lowest BCUT2D eigenvalue weighted by molar-refractivity contribution is -0.0168. The Kier molecular flexibility index (Phi) is 4.42. The smallest absolute Gasteiger partial charge is 0.268 e. The van der Waals surface area contributed by atoms with E-state index in [9.17, 15) is 4.79 Å². The lowest BCUT2D eigenvalue weighted by Gasteiger charge is -2.56. The number of nitrogens with one attached hydrogen (secondary N) is 1. The van der Waals surface area contributed by atoms with E-state index in [1.165, 1.54) is 38.5 Å². The molecule has 1 amide bonds. The van der Waals surface area contributed by atoms with Gasteiger partial charge in [0.05, 0.1) is 6.07 Å². The molecule has 1 heterocycles. The van der Waals surface area contributed by atoms with Gasteiger partial charge in [-0.2, -0.15) is 5.26 Å². The first kappa shape index (κ1) is 17.8. The van der Waals surface area contributed by atoms with Gasteiger partial charge in [0.25, 0.3) is 5.91 Å². The number of carbonyl (C=O) groups is 1. The topological polar surface area (TPSA) is 57.8 Å². The SMILES string of the molecule is N#CCCCCn1c(C(=O)NC23CC4CC(CC(C4)C2)C3)cc2ccccc21. The van der Waals surface area contributed by atoms with E-state index in [1.807, 2.05) is 12.1 Å². The number of hydrogen-bond acceptors (Lipinski definition) is 2. The maximum absolute atomic E-state index is 13.4. The van der Waals surface area contributed by atoms with Gasteiger partial charge in [0.2, 0.25) is 0 Å². The molecular formula is C24H29N3O. The highest BCUT2D eigenvalue weighted by molar-refractivity contribution is 5.99. The Morgan fingerprint density at radius 2 is 1.79 bits per heavy atom. The van der Waals surface area contributed by atoms with E-state index in [2.05, 4.69) is 34.2 Å². The molecule has 0 spiro atoms. The van der Waals surface area contributed by atoms with Crippen LogP contribution >= 0.6 is 0 Å². The van der Waals surface area contributed by atoms with E-state index in [0.717, 1.165) is 53.7 Å². The number of fused-ring (bicyclic) bond motifs is 1. The van der Waals surface area contributed by atoms with Crippen LogP contribution in [0, 0.1) is 29.1 Å². The quantitative estimate of drug-likeness (QED) is 0.720. The molecule has 4 fully saturated rings. The van der Waals surface area contributed by atoms with E-state index in [4.69, 9.17) is 5.26 Å². The Morgan fingerprint density at radius 1 is 1.11 bits per heavy atom. The second-order valence-electron chi connectivity index (χ2n) is 9.51. The second kappa shape index (κ2) is 6.95. The summed E-state index contributed by atoms with van der Waals surface area (Å²) in [6, 6.07) is 12.5. The summed E-state index contributed by atoms with van der Waals surface area (Å²) >= 11 is 0. The molecule has 6 rings (SSSR count). The van der Waals surface area contributed by atoms with Gasteiger partial charge in [-0.25, -0.2) is 0 Å². The lowest BCUT2D eigenvalue weighted by atomic mass is 9.53. The van der Waals surface area contributed by atoms with Crippen molar-refractivity contribution in [3.63, 3.8) is 0 Å². The van der Waals surface area contributed by atoms with E-state index >= 15 is 0 Å². The van der Waals surface area contributed by atoms with Crippen molar-refractivity contribution in [1.82, 2.24) is 9.88 Å². The van der Waals surface area contributed by atoms with Crippen LogP contribution < -0.4 is 5.32 Å². The van der Waals surface area contributed by atoms with Crippen LogP contribution in [0.25, 0.3) is 10.9 Å². The fourth-order valence-electron chi connectivity index (χ4n) is 6.68. The second-order valence-corrected chi connectivity index (χ2v) is 9.51. The number of hydrogen-bond donors (Lipinski definition) is 1. The van der Waals surface area contributed by atoms with Crippen LogP contribution in [0.2, 0.25) is 0 Å². The maximum Gasteiger partial charge on any atom is 0.268 e. The van der Waals surface area contributed by atoms with Crippen LogP contribution in [0.15, 0.2) is 30.3 Å². The molecule has 0 unspecified atom stereocenters. The average Bonchev–Trinajstić information content (AvgIpc) is 3.03. The van der Waals surface area contributed by atoms with Crippen molar-refractivity contribution >= 4 is 16.8 Å². The molecule has 0 atom stereocenters. The van der Waals surface area contributed by atoms with E-state index < -0.39 is 0 Å². The van der Waals surface area contributed by atoms with Gasteiger partial charge in [-0.15, -0.1) is 0 Å². The predicted octanol–water partition coefficient (Wildman–Crippen LogP) is 5.03. The monoisotopic (exact) mass is 375 g/mol. The Morgan fingerprint density at radius 3 is 2.46 bits per heavy atom. The van der Waals surface area contributed by atoms with Gasteiger partial charge in [0.1, 0.15) is 5.69 Å². The van der Waals surface area contributed by atoms with Crippen LogP contribution in [0.5, 0.6) is 0 Å². The molecular weight excluding hydrogens is 346 g/mol. The summed E-state index contributed by atoms with van der Waals surface area (Å²) in [7, 11) is 0. The third-order valence-corrected chi connectivity index (χ3v) is 7.38. The molecule has 4 aliphatic carbocycles. The van der Waals surface area contributed by atoms with Crippen LogP contribution in [-0.2, 0) is 6.54 Å². The van der Waals surface area contributed by atoms with Crippen molar-refractivity contribution in [1.29, 1.82) is 5.26 Å². The number of para-hydroxylation sites is 1. The summed E-state index contributed by atoms with van der Waals surface area (Å²) in [5, 5.41) is 13.5. The summed E-state index contributed by atoms with van der Waals surface area (Å²) in [5.74, 6) is 2.56.